The Kier molecular flexibility index (Phi) is 4.55. The van der Waals surface area contributed by atoms with Crippen molar-refractivity contribution < 1.29 is 0 Å². The number of aryl methyl sites for hydroxylation is 1. The minimum Gasteiger partial charge on any atom is -0.362 e. The summed E-state index contributed by atoms with van der Waals surface area (Å²) in [6, 6.07) is 6.43. The van der Waals surface area contributed by atoms with E-state index in [1.807, 2.05) is 13.0 Å². The lowest BCUT2D eigenvalue weighted by Gasteiger charge is -2.17. The van der Waals surface area contributed by atoms with Crippen molar-refractivity contribution in [2.75, 3.05) is 5.32 Å². The van der Waals surface area contributed by atoms with Gasteiger partial charge in [-0.2, -0.15) is 0 Å². The molecule has 0 aliphatic heterocycles. The largest absolute Gasteiger partial charge is 0.362 e. The van der Waals surface area contributed by atoms with Gasteiger partial charge in [-0.3, -0.25) is 0 Å². The Morgan fingerprint density at radius 1 is 1.44 bits per heavy atom. The smallest absolute Gasteiger partial charge is 0.224 e. The van der Waals surface area contributed by atoms with Crippen molar-refractivity contribution >= 4 is 28.8 Å². The fourth-order valence-corrected chi connectivity index (χ4v) is 2.89. The maximum atomic E-state index is 5.88. The Balaban J connectivity index is 2.18. The number of halogens is 1. The highest BCUT2D eigenvalue weighted by atomic mass is 35.5. The predicted octanol–water partition coefficient (Wildman–Crippen LogP) is 4.45. The second kappa shape index (κ2) is 6.16. The Hall–Kier alpha value is -1.13. The second-order valence-electron chi connectivity index (χ2n) is 4.16. The van der Waals surface area contributed by atoms with E-state index in [1.165, 1.54) is 4.88 Å². The standard InChI is InChI=1S/C13H16ClN3S/c1-3-5-10(11-6-4-7-18-11)16-12-8-9(2)15-13(14)17-12/h4,6-8,10H,3,5H2,1-2H3,(H,15,16,17). The average Bonchev–Trinajstić information content (AvgIpc) is 2.80. The van der Waals surface area contributed by atoms with Gasteiger partial charge in [-0.25, -0.2) is 9.97 Å². The summed E-state index contributed by atoms with van der Waals surface area (Å²) in [6.45, 7) is 4.10. The van der Waals surface area contributed by atoms with E-state index in [0.717, 1.165) is 24.4 Å². The van der Waals surface area contributed by atoms with Gasteiger partial charge in [0.2, 0.25) is 5.28 Å². The first-order valence-corrected chi connectivity index (χ1v) is 7.26. The van der Waals surface area contributed by atoms with Gasteiger partial charge in [0.1, 0.15) is 5.82 Å². The molecule has 1 atom stereocenters. The van der Waals surface area contributed by atoms with Crippen molar-refractivity contribution in [3.8, 4) is 0 Å². The van der Waals surface area contributed by atoms with Crippen LogP contribution in [0.4, 0.5) is 5.82 Å². The van der Waals surface area contributed by atoms with Crippen LogP contribution in [0, 0.1) is 6.92 Å². The summed E-state index contributed by atoms with van der Waals surface area (Å²) in [7, 11) is 0. The number of nitrogens with one attached hydrogen (secondary N) is 1. The summed E-state index contributed by atoms with van der Waals surface area (Å²) in [5.41, 5.74) is 0.874. The van der Waals surface area contributed by atoms with E-state index in [0.29, 0.717) is 11.3 Å². The van der Waals surface area contributed by atoms with Crippen molar-refractivity contribution in [1.29, 1.82) is 0 Å². The van der Waals surface area contributed by atoms with Crippen LogP contribution >= 0.6 is 22.9 Å². The van der Waals surface area contributed by atoms with E-state index in [9.17, 15) is 0 Å². The number of thiophene rings is 1. The van der Waals surface area contributed by atoms with Gasteiger partial charge in [0.15, 0.2) is 0 Å². The fraction of sp³-hybridized carbons (Fsp3) is 0.385. The third-order valence-corrected chi connectivity index (χ3v) is 3.77. The third-order valence-electron chi connectivity index (χ3n) is 2.61. The lowest BCUT2D eigenvalue weighted by molar-refractivity contribution is 0.684. The fourth-order valence-electron chi connectivity index (χ4n) is 1.85. The zero-order valence-corrected chi connectivity index (χ0v) is 12.1. The van der Waals surface area contributed by atoms with E-state index in [4.69, 9.17) is 11.6 Å². The van der Waals surface area contributed by atoms with Crippen LogP contribution in [-0.2, 0) is 0 Å². The predicted molar refractivity (Wildman–Crippen MR) is 77.4 cm³/mol. The molecule has 2 aromatic heterocycles. The highest BCUT2D eigenvalue weighted by Gasteiger charge is 2.12. The monoisotopic (exact) mass is 281 g/mol. The second-order valence-corrected chi connectivity index (χ2v) is 5.48. The molecule has 2 rings (SSSR count). The molecule has 0 bridgehead atoms. The molecule has 0 radical (unpaired) electrons. The SMILES string of the molecule is CCCC(Nc1cc(C)nc(Cl)n1)c1cccs1. The summed E-state index contributed by atoms with van der Waals surface area (Å²) in [5, 5.41) is 5.82. The van der Waals surface area contributed by atoms with Crippen LogP contribution in [0.2, 0.25) is 5.28 Å². The quantitative estimate of drug-likeness (QED) is 0.823. The Morgan fingerprint density at radius 2 is 2.28 bits per heavy atom. The van der Waals surface area contributed by atoms with Gasteiger partial charge in [-0.1, -0.05) is 19.4 Å². The molecule has 0 fully saturated rings. The Labute approximate surface area is 116 Å². The van der Waals surface area contributed by atoms with Gasteiger partial charge in [0.05, 0.1) is 6.04 Å². The summed E-state index contributed by atoms with van der Waals surface area (Å²) in [4.78, 5) is 9.60. The molecule has 96 valence electrons. The van der Waals surface area contributed by atoms with Gasteiger partial charge < -0.3 is 5.32 Å². The molecule has 2 aromatic rings. The van der Waals surface area contributed by atoms with E-state index >= 15 is 0 Å². The molecule has 18 heavy (non-hydrogen) atoms. The topological polar surface area (TPSA) is 37.8 Å². The maximum absolute atomic E-state index is 5.88. The molecule has 1 N–H and O–H groups in total. The number of hydrogen-bond donors (Lipinski definition) is 1. The summed E-state index contributed by atoms with van der Waals surface area (Å²) >= 11 is 7.64. The van der Waals surface area contributed by atoms with Crippen LogP contribution in [0.3, 0.4) is 0 Å². The van der Waals surface area contributed by atoms with E-state index in [-0.39, 0.29) is 0 Å². The highest BCUT2D eigenvalue weighted by molar-refractivity contribution is 7.10. The molecule has 0 aliphatic rings. The highest BCUT2D eigenvalue weighted by Crippen LogP contribution is 2.27. The zero-order chi connectivity index (χ0) is 13.0. The molecule has 0 saturated heterocycles. The number of nitrogens with zero attached hydrogens (tertiary/aromatic N) is 2. The minimum atomic E-state index is 0.291. The van der Waals surface area contributed by atoms with Crippen molar-refractivity contribution in [2.45, 2.75) is 32.7 Å². The third kappa shape index (κ3) is 3.43. The number of hydrogen-bond acceptors (Lipinski definition) is 4. The Bertz CT molecular complexity index is 479. The van der Waals surface area contributed by atoms with Gasteiger partial charge in [0.25, 0.3) is 0 Å². The van der Waals surface area contributed by atoms with E-state index < -0.39 is 0 Å². The molecular formula is C13H16ClN3S. The van der Waals surface area contributed by atoms with Gasteiger partial charge in [0, 0.05) is 16.6 Å². The van der Waals surface area contributed by atoms with Crippen molar-refractivity contribution in [3.63, 3.8) is 0 Å². The molecule has 0 amide bonds. The molecule has 0 saturated carbocycles. The van der Waals surface area contributed by atoms with Crippen LogP contribution in [0.15, 0.2) is 23.6 Å². The number of rotatable bonds is 5. The maximum Gasteiger partial charge on any atom is 0.224 e. The first kappa shape index (κ1) is 13.3. The average molecular weight is 282 g/mol. The number of aromatic nitrogens is 2. The van der Waals surface area contributed by atoms with Crippen molar-refractivity contribution in [2.24, 2.45) is 0 Å². The molecule has 3 nitrogen and oxygen atoms in total. The van der Waals surface area contributed by atoms with Crippen LogP contribution in [0.25, 0.3) is 0 Å². The molecule has 1 unspecified atom stereocenters. The van der Waals surface area contributed by atoms with Crippen LogP contribution in [-0.4, -0.2) is 9.97 Å². The van der Waals surface area contributed by atoms with Crippen LogP contribution in [0.5, 0.6) is 0 Å². The van der Waals surface area contributed by atoms with Gasteiger partial charge in [-0.15, -0.1) is 11.3 Å². The number of anilines is 1. The Morgan fingerprint density at radius 3 is 2.89 bits per heavy atom. The minimum absolute atomic E-state index is 0.291. The first-order chi connectivity index (χ1) is 8.69. The molecule has 0 spiro atoms. The van der Waals surface area contributed by atoms with Crippen molar-refractivity contribution in [3.05, 3.63) is 39.4 Å². The lowest BCUT2D eigenvalue weighted by Crippen LogP contribution is -2.10. The molecule has 0 aliphatic carbocycles. The summed E-state index contributed by atoms with van der Waals surface area (Å²) < 4.78 is 0. The van der Waals surface area contributed by atoms with Crippen LogP contribution in [0.1, 0.15) is 36.4 Å². The van der Waals surface area contributed by atoms with Gasteiger partial charge >= 0.3 is 0 Å². The molecule has 2 heterocycles. The van der Waals surface area contributed by atoms with Crippen molar-refractivity contribution in [1.82, 2.24) is 9.97 Å². The first-order valence-electron chi connectivity index (χ1n) is 6.00. The van der Waals surface area contributed by atoms with E-state index in [2.05, 4.69) is 39.7 Å². The van der Waals surface area contributed by atoms with E-state index in [1.54, 1.807) is 11.3 Å². The van der Waals surface area contributed by atoms with Gasteiger partial charge in [-0.05, 0) is 36.4 Å². The lowest BCUT2D eigenvalue weighted by atomic mass is 10.1. The summed E-state index contributed by atoms with van der Waals surface area (Å²) in [6.07, 6.45) is 2.19. The molecule has 5 heteroatoms. The summed E-state index contributed by atoms with van der Waals surface area (Å²) in [5.74, 6) is 0.791. The zero-order valence-electron chi connectivity index (χ0n) is 10.5. The van der Waals surface area contributed by atoms with Crippen LogP contribution < -0.4 is 5.32 Å². The molecular weight excluding hydrogens is 266 g/mol. The normalized spacial score (nSPS) is 12.4. The molecule has 0 aromatic carbocycles.